The third-order valence-corrected chi connectivity index (χ3v) is 5.15. The van der Waals surface area contributed by atoms with E-state index in [2.05, 4.69) is 22.1 Å². The van der Waals surface area contributed by atoms with Gasteiger partial charge in [-0.15, -0.1) is 0 Å². The van der Waals surface area contributed by atoms with Crippen LogP contribution in [0.5, 0.6) is 0 Å². The fraction of sp³-hybridized carbons (Fsp3) is 0.778. The van der Waals surface area contributed by atoms with Gasteiger partial charge in [-0.05, 0) is 45.2 Å². The number of piperidine rings is 1. The molecule has 1 aromatic heterocycles. The van der Waals surface area contributed by atoms with Crippen molar-refractivity contribution in [3.63, 3.8) is 0 Å². The van der Waals surface area contributed by atoms with Crippen molar-refractivity contribution in [2.24, 2.45) is 13.0 Å². The Morgan fingerprint density at radius 2 is 2.12 bits per heavy atom. The number of rotatable bonds is 8. The lowest BCUT2D eigenvalue weighted by molar-refractivity contribution is -0.126. The highest BCUT2D eigenvalue weighted by Crippen LogP contribution is 2.30. The van der Waals surface area contributed by atoms with Crippen molar-refractivity contribution in [3.8, 4) is 0 Å². The largest absolute Gasteiger partial charge is 0.385 e. The van der Waals surface area contributed by atoms with Crippen LogP contribution in [-0.4, -0.2) is 51.1 Å². The van der Waals surface area contributed by atoms with Gasteiger partial charge >= 0.3 is 0 Å². The molecule has 1 amide bonds. The summed E-state index contributed by atoms with van der Waals surface area (Å²) in [5.74, 6) is 1.06. The zero-order valence-electron chi connectivity index (χ0n) is 15.2. The number of nitrogens with one attached hydrogen (secondary N) is 1. The number of aromatic nitrogens is 2. The summed E-state index contributed by atoms with van der Waals surface area (Å²) in [6.45, 7) is 6.59. The van der Waals surface area contributed by atoms with Crippen LogP contribution in [0.4, 0.5) is 0 Å². The molecular formula is C18H32N4O2. The lowest BCUT2D eigenvalue weighted by atomic mass is 9.90. The van der Waals surface area contributed by atoms with Crippen LogP contribution >= 0.6 is 0 Å². The predicted octanol–water partition coefficient (Wildman–Crippen LogP) is 1.86. The summed E-state index contributed by atoms with van der Waals surface area (Å²) in [6.07, 6.45) is 8.21. The van der Waals surface area contributed by atoms with Crippen molar-refractivity contribution in [1.82, 2.24) is 19.8 Å². The van der Waals surface area contributed by atoms with Crippen LogP contribution in [0.1, 0.15) is 57.9 Å². The second-order valence-electron chi connectivity index (χ2n) is 6.89. The summed E-state index contributed by atoms with van der Waals surface area (Å²) in [7, 11) is 1.91. The first-order chi connectivity index (χ1) is 11.5. The van der Waals surface area contributed by atoms with Gasteiger partial charge in [0.2, 0.25) is 5.91 Å². The molecular weight excluding hydrogens is 304 g/mol. The molecule has 0 aliphatic carbocycles. The van der Waals surface area contributed by atoms with Gasteiger partial charge in [0.05, 0.1) is 6.04 Å². The maximum atomic E-state index is 12.2. The van der Waals surface area contributed by atoms with Crippen LogP contribution in [0, 0.1) is 5.92 Å². The van der Waals surface area contributed by atoms with E-state index in [1.807, 2.05) is 24.7 Å². The van der Waals surface area contributed by atoms with Crippen LogP contribution in [0.2, 0.25) is 0 Å². The first-order valence-electron chi connectivity index (χ1n) is 9.21. The van der Waals surface area contributed by atoms with Crippen LogP contribution in [0.15, 0.2) is 12.4 Å². The zero-order valence-corrected chi connectivity index (χ0v) is 15.2. The van der Waals surface area contributed by atoms with Crippen LogP contribution in [0.3, 0.4) is 0 Å². The van der Waals surface area contributed by atoms with Crippen molar-refractivity contribution >= 4 is 5.91 Å². The zero-order chi connectivity index (χ0) is 17.5. The fourth-order valence-corrected chi connectivity index (χ4v) is 3.40. The average molecular weight is 336 g/mol. The maximum Gasteiger partial charge on any atom is 0.237 e. The molecule has 2 unspecified atom stereocenters. The third-order valence-electron chi connectivity index (χ3n) is 5.15. The van der Waals surface area contributed by atoms with Crippen LogP contribution in [0.25, 0.3) is 0 Å². The molecule has 0 aromatic carbocycles. The number of aliphatic hydroxyl groups is 1. The van der Waals surface area contributed by atoms with Gasteiger partial charge in [0.25, 0.3) is 0 Å². The van der Waals surface area contributed by atoms with Crippen molar-refractivity contribution in [1.29, 1.82) is 0 Å². The molecule has 2 atom stereocenters. The SMILES string of the molecule is CCCCCNC(=O)C(C)N1CCC(C(O)c2nccn2C)CC1. The summed E-state index contributed by atoms with van der Waals surface area (Å²) in [6, 6.07) is -0.0992. The topological polar surface area (TPSA) is 70.4 Å². The number of imidazole rings is 1. The van der Waals surface area contributed by atoms with E-state index in [1.165, 1.54) is 0 Å². The highest BCUT2D eigenvalue weighted by Gasteiger charge is 2.31. The van der Waals surface area contributed by atoms with Crippen molar-refractivity contribution in [2.75, 3.05) is 19.6 Å². The molecule has 1 aliphatic heterocycles. The minimum Gasteiger partial charge on any atom is -0.385 e. The fourth-order valence-electron chi connectivity index (χ4n) is 3.40. The summed E-state index contributed by atoms with van der Waals surface area (Å²) in [5, 5.41) is 13.6. The van der Waals surface area contributed by atoms with Gasteiger partial charge in [-0.25, -0.2) is 4.98 Å². The monoisotopic (exact) mass is 336 g/mol. The van der Waals surface area contributed by atoms with Gasteiger partial charge in [-0.1, -0.05) is 19.8 Å². The number of unbranched alkanes of at least 4 members (excludes halogenated alkanes) is 2. The number of carbonyl (C=O) groups excluding carboxylic acids is 1. The van der Waals surface area contributed by atoms with E-state index in [9.17, 15) is 9.90 Å². The maximum absolute atomic E-state index is 12.2. The van der Waals surface area contributed by atoms with Gasteiger partial charge < -0.3 is 15.0 Å². The number of aliphatic hydroxyl groups excluding tert-OH is 1. The second kappa shape index (κ2) is 9.18. The highest BCUT2D eigenvalue weighted by atomic mass is 16.3. The van der Waals surface area contributed by atoms with E-state index in [-0.39, 0.29) is 17.9 Å². The van der Waals surface area contributed by atoms with E-state index >= 15 is 0 Å². The predicted molar refractivity (Wildman–Crippen MR) is 94.5 cm³/mol. The number of hydrogen-bond acceptors (Lipinski definition) is 4. The Hall–Kier alpha value is -1.40. The summed E-state index contributed by atoms with van der Waals surface area (Å²) < 4.78 is 1.88. The molecule has 6 nitrogen and oxygen atoms in total. The van der Waals surface area contributed by atoms with E-state index in [4.69, 9.17) is 0 Å². The van der Waals surface area contributed by atoms with Crippen LogP contribution < -0.4 is 5.32 Å². The molecule has 24 heavy (non-hydrogen) atoms. The Kier molecular flexibility index (Phi) is 7.24. The average Bonchev–Trinajstić information content (AvgIpc) is 3.03. The molecule has 0 spiro atoms. The molecule has 2 heterocycles. The second-order valence-corrected chi connectivity index (χ2v) is 6.89. The van der Waals surface area contributed by atoms with Gasteiger partial charge in [0.1, 0.15) is 11.9 Å². The number of nitrogens with zero attached hydrogens (tertiary/aromatic N) is 3. The molecule has 1 aliphatic rings. The molecule has 2 N–H and O–H groups in total. The highest BCUT2D eigenvalue weighted by molar-refractivity contribution is 5.81. The number of carbonyl (C=O) groups is 1. The number of aryl methyl sites for hydroxylation is 1. The Morgan fingerprint density at radius 3 is 2.71 bits per heavy atom. The van der Waals surface area contributed by atoms with E-state index in [0.29, 0.717) is 0 Å². The van der Waals surface area contributed by atoms with E-state index in [0.717, 1.165) is 57.6 Å². The molecule has 0 bridgehead atoms. The minimum absolute atomic E-state index is 0.0992. The van der Waals surface area contributed by atoms with Gasteiger partial charge in [-0.2, -0.15) is 0 Å². The van der Waals surface area contributed by atoms with E-state index < -0.39 is 6.10 Å². The molecule has 1 aromatic rings. The third kappa shape index (κ3) is 4.80. The lowest BCUT2D eigenvalue weighted by Gasteiger charge is -2.36. The molecule has 0 saturated carbocycles. The van der Waals surface area contributed by atoms with Gasteiger partial charge in [0.15, 0.2) is 0 Å². The first-order valence-corrected chi connectivity index (χ1v) is 9.21. The van der Waals surface area contributed by atoms with Crippen molar-refractivity contribution in [3.05, 3.63) is 18.2 Å². The Bertz CT molecular complexity index is 509. The Balaban J connectivity index is 1.77. The smallest absolute Gasteiger partial charge is 0.237 e. The normalized spacial score (nSPS) is 19.2. The van der Waals surface area contributed by atoms with Gasteiger partial charge in [-0.3, -0.25) is 9.69 Å². The van der Waals surface area contributed by atoms with E-state index in [1.54, 1.807) is 6.20 Å². The molecule has 1 saturated heterocycles. The lowest BCUT2D eigenvalue weighted by Crippen LogP contribution is -2.49. The van der Waals surface area contributed by atoms with Gasteiger partial charge in [0, 0.05) is 26.0 Å². The number of hydrogen-bond donors (Lipinski definition) is 2. The minimum atomic E-state index is -0.523. The quantitative estimate of drug-likeness (QED) is 0.711. The summed E-state index contributed by atoms with van der Waals surface area (Å²) >= 11 is 0. The number of amides is 1. The molecule has 6 heteroatoms. The Morgan fingerprint density at radius 1 is 1.42 bits per heavy atom. The van der Waals surface area contributed by atoms with Crippen LogP contribution in [-0.2, 0) is 11.8 Å². The standard InChI is InChI=1S/C18H32N4O2/c1-4-5-6-9-20-18(24)14(2)22-11-7-15(8-12-22)16(23)17-19-10-13-21(17)3/h10,13-16,23H,4-9,11-12H2,1-3H3,(H,20,24). The van der Waals surface area contributed by atoms with Crippen molar-refractivity contribution < 1.29 is 9.90 Å². The Labute approximate surface area is 145 Å². The summed E-state index contributed by atoms with van der Waals surface area (Å²) in [5.41, 5.74) is 0. The molecule has 136 valence electrons. The molecule has 2 rings (SSSR count). The summed E-state index contributed by atoms with van der Waals surface area (Å²) in [4.78, 5) is 18.7. The number of likely N-dealkylation sites (tertiary alicyclic amines) is 1. The first kappa shape index (κ1) is 18.9. The molecule has 1 fully saturated rings. The molecule has 0 radical (unpaired) electrons. The van der Waals surface area contributed by atoms with Crippen molar-refractivity contribution in [2.45, 2.75) is 58.1 Å².